The second kappa shape index (κ2) is 7.31. The van der Waals surface area contributed by atoms with Crippen molar-refractivity contribution < 1.29 is 14.7 Å². The van der Waals surface area contributed by atoms with Gasteiger partial charge in [0.15, 0.2) is 0 Å². The molecule has 0 aliphatic heterocycles. The second-order valence-electron chi connectivity index (χ2n) is 5.80. The molecule has 1 rings (SSSR count). The molecule has 0 aromatic rings. The first-order chi connectivity index (χ1) is 8.97. The number of carboxylic acids is 1. The monoisotopic (exact) mass is 267 g/mol. The molecule has 4 nitrogen and oxygen atoms in total. The minimum Gasteiger partial charge on any atom is -0.481 e. The van der Waals surface area contributed by atoms with Crippen LogP contribution in [0.25, 0.3) is 0 Å². The summed E-state index contributed by atoms with van der Waals surface area (Å²) in [5.41, 5.74) is -0.331. The van der Waals surface area contributed by atoms with E-state index in [9.17, 15) is 9.59 Å². The number of carbonyl (C=O) groups is 2. The quantitative estimate of drug-likeness (QED) is 0.697. The summed E-state index contributed by atoms with van der Waals surface area (Å²) in [6, 6.07) is 0.0652. The van der Waals surface area contributed by atoms with Gasteiger partial charge in [0, 0.05) is 12.5 Å². The summed E-state index contributed by atoms with van der Waals surface area (Å²) in [6.45, 7) is 5.58. The minimum atomic E-state index is -0.797. The Kier molecular flexibility index (Phi) is 6.06. The fourth-order valence-electron chi connectivity index (χ4n) is 3.01. The Balaban J connectivity index is 2.58. The topological polar surface area (TPSA) is 66.4 Å². The van der Waals surface area contributed by atoms with Crippen molar-refractivity contribution >= 4 is 11.9 Å². The van der Waals surface area contributed by atoms with E-state index in [0.717, 1.165) is 38.5 Å². The number of aliphatic carboxylic acids is 1. The highest BCUT2D eigenvalue weighted by molar-refractivity contribution is 5.78. The maximum atomic E-state index is 12.0. The van der Waals surface area contributed by atoms with E-state index in [1.165, 1.54) is 0 Å². The van der Waals surface area contributed by atoms with Crippen LogP contribution in [0.2, 0.25) is 0 Å². The van der Waals surface area contributed by atoms with Crippen molar-refractivity contribution in [2.24, 2.45) is 5.41 Å². The van der Waals surface area contributed by atoms with Gasteiger partial charge in [0.2, 0.25) is 5.91 Å². The predicted octanol–water partition coefficient (Wildman–Crippen LogP) is 2.88. The van der Waals surface area contributed by atoms with Crippen LogP contribution in [-0.4, -0.2) is 23.0 Å². The lowest BCUT2D eigenvalue weighted by molar-refractivity contribution is -0.141. The molecule has 0 aromatic heterocycles. The van der Waals surface area contributed by atoms with E-state index in [1.807, 2.05) is 6.92 Å². The third kappa shape index (κ3) is 5.45. The van der Waals surface area contributed by atoms with Gasteiger partial charge in [-0.05, 0) is 31.6 Å². The molecule has 0 aromatic carbocycles. The van der Waals surface area contributed by atoms with Crippen LogP contribution in [0.4, 0.5) is 0 Å². The molecule has 19 heavy (non-hydrogen) atoms. The van der Waals surface area contributed by atoms with Gasteiger partial charge in [0.05, 0.1) is 6.42 Å². The van der Waals surface area contributed by atoms with Gasteiger partial charge in [0.1, 0.15) is 0 Å². The average molecular weight is 267 g/mol. The summed E-state index contributed by atoms with van der Waals surface area (Å²) in [5.74, 6) is -0.827. The predicted molar refractivity (Wildman–Crippen MR) is 74.8 cm³/mol. The number of nitrogens with one attached hydrogen (secondary N) is 1. The van der Waals surface area contributed by atoms with Gasteiger partial charge >= 0.3 is 5.97 Å². The van der Waals surface area contributed by atoms with Crippen LogP contribution in [0.5, 0.6) is 0 Å². The van der Waals surface area contributed by atoms with Crippen molar-refractivity contribution in [2.75, 3.05) is 0 Å². The Bertz CT molecular complexity index is 332. The Morgan fingerprint density at radius 1 is 1.32 bits per heavy atom. The van der Waals surface area contributed by atoms with Gasteiger partial charge in [-0.2, -0.15) is 0 Å². The molecule has 0 bridgehead atoms. The molecule has 0 heterocycles. The van der Waals surface area contributed by atoms with Gasteiger partial charge in [-0.1, -0.05) is 25.3 Å². The molecule has 1 amide bonds. The Morgan fingerprint density at radius 2 is 1.95 bits per heavy atom. The molecule has 1 aliphatic carbocycles. The Hall–Kier alpha value is -1.32. The minimum absolute atomic E-state index is 0.0301. The molecule has 1 saturated carbocycles. The van der Waals surface area contributed by atoms with Crippen molar-refractivity contribution in [1.29, 1.82) is 0 Å². The van der Waals surface area contributed by atoms with Gasteiger partial charge < -0.3 is 10.4 Å². The summed E-state index contributed by atoms with van der Waals surface area (Å²) >= 11 is 0. The zero-order valence-corrected chi connectivity index (χ0v) is 11.8. The van der Waals surface area contributed by atoms with Crippen LogP contribution in [0.1, 0.15) is 58.3 Å². The molecule has 0 saturated heterocycles. The molecular formula is C15H25NO3. The fraction of sp³-hybridized carbons (Fsp3) is 0.733. The van der Waals surface area contributed by atoms with Crippen molar-refractivity contribution in [3.8, 4) is 0 Å². The standard InChI is InChI=1S/C15H25NO3/c1-3-7-12(2)16-13(17)10-15(11-14(18)19)8-5-4-6-9-15/h3,12H,1,4-11H2,2H3,(H,16,17)(H,18,19). The van der Waals surface area contributed by atoms with Crippen LogP contribution in [0.3, 0.4) is 0 Å². The number of rotatable bonds is 7. The Morgan fingerprint density at radius 3 is 2.47 bits per heavy atom. The molecule has 108 valence electrons. The molecule has 0 radical (unpaired) electrons. The van der Waals surface area contributed by atoms with Crippen LogP contribution >= 0.6 is 0 Å². The van der Waals surface area contributed by atoms with E-state index >= 15 is 0 Å². The third-order valence-corrected chi connectivity index (χ3v) is 3.90. The van der Waals surface area contributed by atoms with Crippen LogP contribution in [0.15, 0.2) is 12.7 Å². The zero-order valence-electron chi connectivity index (χ0n) is 11.8. The zero-order chi connectivity index (χ0) is 14.3. The highest BCUT2D eigenvalue weighted by Gasteiger charge is 2.36. The van der Waals surface area contributed by atoms with Crippen LogP contribution in [0, 0.1) is 5.41 Å². The third-order valence-electron chi connectivity index (χ3n) is 3.90. The van der Waals surface area contributed by atoms with E-state index in [4.69, 9.17) is 5.11 Å². The molecular weight excluding hydrogens is 242 g/mol. The molecule has 4 heteroatoms. The number of hydrogen-bond donors (Lipinski definition) is 2. The number of carboxylic acid groups (broad SMARTS) is 1. The molecule has 2 N–H and O–H groups in total. The van der Waals surface area contributed by atoms with E-state index in [0.29, 0.717) is 6.42 Å². The van der Waals surface area contributed by atoms with Crippen LogP contribution < -0.4 is 5.32 Å². The number of carbonyl (C=O) groups excluding carboxylic acids is 1. The average Bonchev–Trinajstić information content (AvgIpc) is 2.28. The molecule has 1 atom stereocenters. The summed E-state index contributed by atoms with van der Waals surface area (Å²) in [5, 5.41) is 12.0. The fourth-order valence-corrected chi connectivity index (χ4v) is 3.01. The van der Waals surface area contributed by atoms with Crippen LogP contribution in [-0.2, 0) is 9.59 Å². The molecule has 1 aliphatic rings. The lowest BCUT2D eigenvalue weighted by Crippen LogP contribution is -2.38. The lowest BCUT2D eigenvalue weighted by Gasteiger charge is -2.35. The summed E-state index contributed by atoms with van der Waals surface area (Å²) < 4.78 is 0. The second-order valence-corrected chi connectivity index (χ2v) is 5.80. The molecule has 1 fully saturated rings. The van der Waals surface area contributed by atoms with Crippen molar-refractivity contribution in [3.05, 3.63) is 12.7 Å². The highest BCUT2D eigenvalue weighted by atomic mass is 16.4. The van der Waals surface area contributed by atoms with E-state index in [-0.39, 0.29) is 23.8 Å². The number of hydrogen-bond acceptors (Lipinski definition) is 2. The smallest absolute Gasteiger partial charge is 0.303 e. The SMILES string of the molecule is C=CCC(C)NC(=O)CC1(CC(=O)O)CCCCC1. The first-order valence-electron chi connectivity index (χ1n) is 7.09. The highest BCUT2D eigenvalue weighted by Crippen LogP contribution is 2.42. The van der Waals surface area contributed by atoms with E-state index in [2.05, 4.69) is 11.9 Å². The molecule has 0 spiro atoms. The first-order valence-corrected chi connectivity index (χ1v) is 7.09. The van der Waals surface area contributed by atoms with Gasteiger partial charge in [-0.25, -0.2) is 0 Å². The first kappa shape index (κ1) is 15.7. The maximum Gasteiger partial charge on any atom is 0.303 e. The van der Waals surface area contributed by atoms with Crippen molar-refractivity contribution in [1.82, 2.24) is 5.32 Å². The summed E-state index contributed by atoms with van der Waals surface area (Å²) in [4.78, 5) is 23.1. The Labute approximate surface area is 115 Å². The lowest BCUT2D eigenvalue weighted by atomic mass is 9.69. The van der Waals surface area contributed by atoms with E-state index in [1.54, 1.807) is 6.08 Å². The van der Waals surface area contributed by atoms with E-state index < -0.39 is 5.97 Å². The normalized spacial score (nSPS) is 19.4. The van der Waals surface area contributed by atoms with Crippen molar-refractivity contribution in [2.45, 2.75) is 64.3 Å². The largest absolute Gasteiger partial charge is 0.481 e. The van der Waals surface area contributed by atoms with Gasteiger partial charge in [-0.15, -0.1) is 6.58 Å². The number of amides is 1. The molecule has 1 unspecified atom stereocenters. The maximum absolute atomic E-state index is 12.0. The summed E-state index contributed by atoms with van der Waals surface area (Å²) in [6.07, 6.45) is 7.86. The van der Waals surface area contributed by atoms with Gasteiger partial charge in [-0.3, -0.25) is 9.59 Å². The summed E-state index contributed by atoms with van der Waals surface area (Å²) in [7, 11) is 0. The van der Waals surface area contributed by atoms with Crippen molar-refractivity contribution in [3.63, 3.8) is 0 Å². The van der Waals surface area contributed by atoms with Gasteiger partial charge in [0.25, 0.3) is 0 Å².